The molecule has 0 atom stereocenters. The van der Waals surface area contributed by atoms with Crippen LogP contribution in [-0.2, 0) is 6.54 Å². The minimum Gasteiger partial charge on any atom is -0.355 e. The smallest absolute Gasteiger partial charge is 0.263 e. The van der Waals surface area contributed by atoms with Gasteiger partial charge in [-0.3, -0.25) is 19.0 Å². The number of fused-ring (bicyclic) bond motifs is 1. The van der Waals surface area contributed by atoms with Crippen molar-refractivity contribution < 1.29 is 9.59 Å². The number of aryl methyl sites for hydroxylation is 1. The van der Waals surface area contributed by atoms with Crippen LogP contribution in [0.5, 0.6) is 0 Å². The van der Waals surface area contributed by atoms with E-state index in [2.05, 4.69) is 11.6 Å². The second kappa shape index (κ2) is 9.01. The van der Waals surface area contributed by atoms with Gasteiger partial charge in [0.1, 0.15) is 4.83 Å². The normalized spacial score (nSPS) is 11.2. The summed E-state index contributed by atoms with van der Waals surface area (Å²) < 4.78 is 1.56. The van der Waals surface area contributed by atoms with E-state index in [1.807, 2.05) is 22.9 Å². The average Bonchev–Trinajstić information content (AvgIpc) is 3.47. The van der Waals surface area contributed by atoms with Crippen LogP contribution in [0.25, 0.3) is 20.7 Å². The maximum atomic E-state index is 13.4. The number of carbonyl (C=O) groups is 2. The Morgan fingerprint density at radius 2 is 2.09 bits per heavy atom. The van der Waals surface area contributed by atoms with Crippen molar-refractivity contribution >= 4 is 56.2 Å². The third kappa shape index (κ3) is 3.92. The molecule has 4 rings (SSSR count). The Morgan fingerprint density at radius 1 is 1.31 bits per heavy atom. The number of aromatic nitrogens is 3. The van der Waals surface area contributed by atoms with Crippen LogP contribution in [0.1, 0.15) is 39.0 Å². The predicted octanol–water partition coefficient (Wildman–Crippen LogP) is 5.50. The number of H-pyrrole nitrogens is 1. The minimum atomic E-state index is -0.145. The van der Waals surface area contributed by atoms with Gasteiger partial charge in [0, 0.05) is 33.6 Å². The third-order valence-corrected chi connectivity index (χ3v) is 7.91. The molecule has 0 saturated heterocycles. The molecule has 4 aromatic rings. The monoisotopic (exact) mass is 483 g/mol. The Balaban J connectivity index is 1.69. The molecule has 0 fully saturated rings. The van der Waals surface area contributed by atoms with E-state index in [0.717, 1.165) is 10.4 Å². The summed E-state index contributed by atoms with van der Waals surface area (Å²) in [6.07, 6.45) is 1.65. The van der Waals surface area contributed by atoms with Crippen molar-refractivity contribution in [3.05, 3.63) is 68.4 Å². The van der Waals surface area contributed by atoms with E-state index in [1.165, 1.54) is 30.0 Å². The van der Waals surface area contributed by atoms with Gasteiger partial charge in [-0.05, 0) is 37.8 Å². The summed E-state index contributed by atoms with van der Waals surface area (Å²) >= 11 is 4.22. The van der Waals surface area contributed by atoms with Crippen LogP contribution in [0.3, 0.4) is 0 Å². The molecule has 4 heterocycles. The Labute approximate surface area is 197 Å². The van der Waals surface area contributed by atoms with Crippen LogP contribution in [0.2, 0.25) is 0 Å². The summed E-state index contributed by atoms with van der Waals surface area (Å²) in [5.41, 5.74) is 3.08. The summed E-state index contributed by atoms with van der Waals surface area (Å²) in [5.74, 6) is -0.127. The molecule has 6 nitrogen and oxygen atoms in total. The summed E-state index contributed by atoms with van der Waals surface area (Å²) in [4.78, 5) is 47.6. The summed E-state index contributed by atoms with van der Waals surface area (Å²) in [6.45, 7) is 9.11. The van der Waals surface area contributed by atoms with E-state index in [4.69, 9.17) is 4.98 Å². The van der Waals surface area contributed by atoms with Gasteiger partial charge in [-0.1, -0.05) is 23.9 Å². The highest BCUT2D eigenvalue weighted by molar-refractivity contribution is 7.99. The highest BCUT2D eigenvalue weighted by atomic mass is 32.2. The van der Waals surface area contributed by atoms with Crippen LogP contribution in [-0.4, -0.2) is 31.9 Å². The lowest BCUT2D eigenvalue weighted by Gasteiger charge is -2.10. The quantitative estimate of drug-likeness (QED) is 0.155. The number of Topliss-reactive ketones (excluding diaryl/α,β-unsaturated/α-hetero) is 2. The van der Waals surface area contributed by atoms with Crippen molar-refractivity contribution in [1.29, 1.82) is 0 Å². The van der Waals surface area contributed by atoms with Crippen molar-refractivity contribution in [3.8, 4) is 10.4 Å². The number of carbonyl (C=O) groups excluding carboxylic acids is 2. The van der Waals surface area contributed by atoms with Gasteiger partial charge in [0.2, 0.25) is 0 Å². The number of nitrogens with one attached hydrogen (secondary N) is 1. The molecule has 0 amide bonds. The molecule has 0 aliphatic heterocycles. The van der Waals surface area contributed by atoms with E-state index >= 15 is 0 Å². The number of hydrogen-bond acceptors (Lipinski definition) is 7. The van der Waals surface area contributed by atoms with Crippen molar-refractivity contribution in [2.75, 3.05) is 5.75 Å². The molecule has 1 N–H and O–H groups in total. The topological polar surface area (TPSA) is 84.8 Å². The average molecular weight is 484 g/mol. The Kier molecular flexibility index (Phi) is 6.32. The first-order chi connectivity index (χ1) is 15.3. The number of thioether (sulfide) groups is 1. The van der Waals surface area contributed by atoms with Crippen molar-refractivity contribution in [1.82, 2.24) is 14.5 Å². The Hall–Kier alpha value is -2.75. The van der Waals surface area contributed by atoms with E-state index in [0.29, 0.717) is 44.4 Å². The lowest BCUT2D eigenvalue weighted by molar-refractivity contribution is 0.101. The van der Waals surface area contributed by atoms with E-state index in [9.17, 15) is 14.4 Å². The van der Waals surface area contributed by atoms with Gasteiger partial charge < -0.3 is 4.98 Å². The fourth-order valence-electron chi connectivity index (χ4n) is 3.78. The fraction of sp³-hybridized carbons (Fsp3) is 0.217. The van der Waals surface area contributed by atoms with Gasteiger partial charge >= 0.3 is 0 Å². The molecule has 9 heteroatoms. The zero-order chi connectivity index (χ0) is 23.0. The zero-order valence-corrected chi connectivity index (χ0v) is 20.3. The number of hydrogen-bond donors (Lipinski definition) is 1. The lowest BCUT2D eigenvalue weighted by Crippen LogP contribution is -2.23. The summed E-state index contributed by atoms with van der Waals surface area (Å²) in [7, 11) is 0. The number of nitrogens with zero attached hydrogens (tertiary/aromatic N) is 2. The fourth-order valence-corrected chi connectivity index (χ4v) is 6.46. The van der Waals surface area contributed by atoms with Crippen LogP contribution in [0.15, 0.2) is 45.5 Å². The standard InChI is InChI=1S/C23H21N3O3S3/c1-5-8-26-22(29)19-15(17-7-6-9-30-17)10-31-21(19)25-23(26)32-11-16(28)20-12(2)18(14(4)27)13(3)24-20/h5-7,9-10,24H,1,8,11H2,2-4H3. The van der Waals surface area contributed by atoms with E-state index < -0.39 is 0 Å². The SMILES string of the molecule is C=CCn1c(SCC(=O)c2[nH]c(C)c(C(C)=O)c2C)nc2scc(-c3cccs3)c2c1=O. The molecule has 32 heavy (non-hydrogen) atoms. The summed E-state index contributed by atoms with van der Waals surface area (Å²) in [6, 6.07) is 3.94. The number of aromatic amines is 1. The van der Waals surface area contributed by atoms with Gasteiger partial charge in [-0.25, -0.2) is 4.98 Å². The molecule has 0 aliphatic rings. The van der Waals surface area contributed by atoms with Gasteiger partial charge in [0.05, 0.1) is 16.8 Å². The van der Waals surface area contributed by atoms with Gasteiger partial charge in [0.25, 0.3) is 5.56 Å². The predicted molar refractivity (Wildman–Crippen MR) is 133 cm³/mol. The third-order valence-electron chi connectivity index (χ3n) is 5.16. The van der Waals surface area contributed by atoms with E-state index in [1.54, 1.807) is 35.8 Å². The second-order valence-electron chi connectivity index (χ2n) is 7.30. The van der Waals surface area contributed by atoms with Gasteiger partial charge in [-0.2, -0.15) is 0 Å². The van der Waals surface area contributed by atoms with Crippen LogP contribution >= 0.6 is 34.4 Å². The molecule has 0 bridgehead atoms. The van der Waals surface area contributed by atoms with Crippen molar-refractivity contribution in [2.45, 2.75) is 32.5 Å². The molecule has 0 unspecified atom stereocenters. The van der Waals surface area contributed by atoms with Crippen LogP contribution in [0.4, 0.5) is 0 Å². The molecule has 0 aliphatic carbocycles. The van der Waals surface area contributed by atoms with Gasteiger partial charge in [0.15, 0.2) is 16.7 Å². The maximum Gasteiger partial charge on any atom is 0.263 e. The molecule has 0 spiro atoms. The van der Waals surface area contributed by atoms with Crippen LogP contribution in [0, 0.1) is 13.8 Å². The highest BCUT2D eigenvalue weighted by Crippen LogP contribution is 2.34. The van der Waals surface area contributed by atoms with Crippen LogP contribution < -0.4 is 5.56 Å². The molecule has 164 valence electrons. The first-order valence-corrected chi connectivity index (χ1v) is 12.6. The molecule has 4 aromatic heterocycles. The summed E-state index contributed by atoms with van der Waals surface area (Å²) in [5, 5.41) is 5.00. The zero-order valence-electron chi connectivity index (χ0n) is 17.9. The van der Waals surface area contributed by atoms with Gasteiger partial charge in [-0.15, -0.1) is 29.3 Å². The molecular weight excluding hydrogens is 462 g/mol. The molecule has 0 aromatic carbocycles. The van der Waals surface area contributed by atoms with Crippen molar-refractivity contribution in [2.24, 2.45) is 0 Å². The Bertz CT molecular complexity index is 1410. The number of allylic oxidation sites excluding steroid dienone is 1. The lowest BCUT2D eigenvalue weighted by atomic mass is 10.1. The number of thiophene rings is 2. The number of ketones is 2. The molecule has 0 radical (unpaired) electrons. The first kappa shape index (κ1) is 22.4. The maximum absolute atomic E-state index is 13.4. The largest absolute Gasteiger partial charge is 0.355 e. The minimum absolute atomic E-state index is 0.0749. The molecular formula is C23H21N3O3S3. The number of rotatable bonds is 8. The highest BCUT2D eigenvalue weighted by Gasteiger charge is 2.22. The molecule has 0 saturated carbocycles. The van der Waals surface area contributed by atoms with E-state index in [-0.39, 0.29) is 22.9 Å². The second-order valence-corrected chi connectivity index (χ2v) is 10.0. The first-order valence-electron chi connectivity index (χ1n) is 9.86. The van der Waals surface area contributed by atoms with Crippen molar-refractivity contribution in [3.63, 3.8) is 0 Å². The Morgan fingerprint density at radius 3 is 2.72 bits per heavy atom.